The number of piperidine rings is 2. The summed E-state index contributed by atoms with van der Waals surface area (Å²) in [5.74, 6) is 1.30. The van der Waals surface area contributed by atoms with Crippen LogP contribution in [0.1, 0.15) is 53.4 Å². The maximum Gasteiger partial charge on any atom is 0.169 e. The molecule has 0 amide bonds. The standard InChI is InChI=1S/C51H70N12O3/c1-35(2)33-65-37-7-5-17-62(29-37)45(31-58-19-23-60(24-20-58)43-11-15-52-41-27-56-50-39(47(41)43)9-13-54-50)49(64)46(63-18-6-8-38(30-63)66-34-36(3)4)32-59-21-25-61(26-22-59)44-12-16-53-42-28-57-51-40(48(42)44)10-14-55-51/h9-16,27-28,35-38,45-46H,5-8,17-26,29-34H2,1-4H3,(H,54,56)(H,55,57). The molecule has 0 radical (unpaired) electrons. The first-order chi connectivity index (χ1) is 32.3. The zero-order valence-electron chi connectivity index (χ0n) is 39.6. The molecule has 4 saturated heterocycles. The first kappa shape index (κ1) is 45.0. The Labute approximate surface area is 389 Å². The summed E-state index contributed by atoms with van der Waals surface area (Å²) in [6.07, 6.45) is 15.9. The van der Waals surface area contributed by atoms with E-state index in [1.165, 1.54) is 11.4 Å². The summed E-state index contributed by atoms with van der Waals surface area (Å²) in [5, 5.41) is 4.51. The summed E-state index contributed by atoms with van der Waals surface area (Å²) in [5.41, 5.74) is 6.00. The Morgan fingerprint density at radius 2 is 1.05 bits per heavy atom. The number of carbonyl (C=O) groups excluding carboxylic acids is 1. The van der Waals surface area contributed by atoms with Crippen LogP contribution in [0.5, 0.6) is 0 Å². The van der Waals surface area contributed by atoms with E-state index in [9.17, 15) is 0 Å². The molecule has 66 heavy (non-hydrogen) atoms. The Bertz CT molecular complexity index is 2390. The number of ether oxygens (including phenoxy) is 2. The number of hydrogen-bond acceptors (Lipinski definition) is 13. The van der Waals surface area contributed by atoms with Gasteiger partial charge in [0.25, 0.3) is 0 Å². The summed E-state index contributed by atoms with van der Waals surface area (Å²) < 4.78 is 13.1. The summed E-state index contributed by atoms with van der Waals surface area (Å²) >= 11 is 0. The minimum Gasteiger partial charge on any atom is -0.377 e. The number of fused-ring (bicyclic) bond motifs is 6. The predicted molar refractivity (Wildman–Crippen MR) is 263 cm³/mol. The number of pyridine rings is 4. The van der Waals surface area contributed by atoms with Crippen LogP contribution in [0.25, 0.3) is 43.9 Å². The fraction of sp³-hybridized carbons (Fsp3) is 0.588. The molecule has 4 atom stereocenters. The lowest BCUT2D eigenvalue weighted by Crippen LogP contribution is -2.63. The molecule has 10 rings (SSSR count). The SMILES string of the molecule is CC(C)COC1CCCN(C(CN2CCN(c3ccnc4cnc5[nH]ccc5c34)CC2)C(=O)C(CN2CCN(c3ccnc4cnc5[nH]ccc5c34)CC2)N2CCCC(OCC(C)C)C2)C1. The van der Waals surface area contributed by atoms with Crippen LogP contribution < -0.4 is 9.80 Å². The third-order valence-electron chi connectivity index (χ3n) is 14.5. The predicted octanol–water partition coefficient (Wildman–Crippen LogP) is 6.06. The molecule has 10 heterocycles. The number of nitrogens with zero attached hydrogens (tertiary/aromatic N) is 10. The second-order valence-electron chi connectivity index (χ2n) is 20.2. The van der Waals surface area contributed by atoms with Crippen LogP contribution in [-0.4, -0.2) is 184 Å². The number of aromatic nitrogens is 6. The van der Waals surface area contributed by atoms with Gasteiger partial charge in [-0.3, -0.25) is 34.4 Å². The molecule has 15 heteroatoms. The molecule has 4 unspecified atom stereocenters. The lowest BCUT2D eigenvalue weighted by Gasteiger charge is -2.46. The summed E-state index contributed by atoms with van der Waals surface area (Å²) in [7, 11) is 0. The number of anilines is 2. The van der Waals surface area contributed by atoms with E-state index in [0.29, 0.717) is 17.6 Å². The molecule has 4 aliphatic rings. The van der Waals surface area contributed by atoms with Gasteiger partial charge in [0.05, 0.1) is 47.7 Å². The van der Waals surface area contributed by atoms with E-state index >= 15 is 4.79 Å². The van der Waals surface area contributed by atoms with Gasteiger partial charge in [0, 0.05) is 149 Å². The van der Waals surface area contributed by atoms with Gasteiger partial charge >= 0.3 is 0 Å². The highest BCUT2D eigenvalue weighted by Crippen LogP contribution is 2.34. The summed E-state index contributed by atoms with van der Waals surface area (Å²) in [6, 6.07) is 8.05. The van der Waals surface area contributed by atoms with Crippen molar-refractivity contribution < 1.29 is 14.3 Å². The van der Waals surface area contributed by atoms with Gasteiger partial charge < -0.3 is 29.2 Å². The number of hydrogen-bond donors (Lipinski definition) is 2. The molecule has 4 fully saturated rings. The van der Waals surface area contributed by atoms with Crippen molar-refractivity contribution in [1.82, 2.24) is 49.5 Å². The van der Waals surface area contributed by atoms with Gasteiger partial charge in [-0.2, -0.15) is 0 Å². The summed E-state index contributed by atoms with van der Waals surface area (Å²) in [4.78, 5) is 56.3. The number of likely N-dealkylation sites (tertiary alicyclic amines) is 2. The number of Topliss-reactive ketones (excluding diaryl/α,β-unsaturated/α-hetero) is 1. The first-order valence-corrected chi connectivity index (χ1v) is 24.9. The highest BCUT2D eigenvalue weighted by atomic mass is 16.5. The Kier molecular flexibility index (Phi) is 13.8. The topological polar surface area (TPSA) is 138 Å². The monoisotopic (exact) mass is 899 g/mol. The first-order valence-electron chi connectivity index (χ1n) is 24.9. The molecule has 6 aromatic rings. The fourth-order valence-corrected chi connectivity index (χ4v) is 11.1. The van der Waals surface area contributed by atoms with Gasteiger partial charge in [0.2, 0.25) is 0 Å². The van der Waals surface area contributed by atoms with Crippen LogP contribution in [0.2, 0.25) is 0 Å². The van der Waals surface area contributed by atoms with Gasteiger partial charge in [0.15, 0.2) is 5.78 Å². The van der Waals surface area contributed by atoms with E-state index in [-0.39, 0.29) is 24.3 Å². The van der Waals surface area contributed by atoms with E-state index < -0.39 is 0 Å². The summed E-state index contributed by atoms with van der Waals surface area (Å²) in [6.45, 7) is 22.3. The number of H-pyrrole nitrogens is 2. The van der Waals surface area contributed by atoms with Gasteiger partial charge in [-0.15, -0.1) is 0 Å². The number of rotatable bonds is 16. The second kappa shape index (κ2) is 20.2. The number of carbonyl (C=O) groups is 1. The minimum absolute atomic E-state index is 0.135. The average molecular weight is 899 g/mol. The van der Waals surface area contributed by atoms with Crippen LogP contribution in [0.4, 0.5) is 11.4 Å². The number of piperazine rings is 2. The van der Waals surface area contributed by atoms with E-state index in [1.807, 2.05) is 37.2 Å². The molecule has 0 bridgehead atoms. The van der Waals surface area contributed by atoms with Gasteiger partial charge in [-0.05, 0) is 74.9 Å². The molecule has 0 spiro atoms. The Morgan fingerprint density at radius 1 is 0.606 bits per heavy atom. The van der Waals surface area contributed by atoms with Crippen molar-refractivity contribution in [2.24, 2.45) is 11.8 Å². The molecule has 6 aromatic heterocycles. The number of aromatic amines is 2. The normalized spacial score (nSPS) is 22.2. The van der Waals surface area contributed by atoms with Crippen molar-refractivity contribution in [3.63, 3.8) is 0 Å². The van der Waals surface area contributed by atoms with Gasteiger partial charge in [-0.1, -0.05) is 27.7 Å². The van der Waals surface area contributed by atoms with Gasteiger partial charge in [-0.25, -0.2) is 9.97 Å². The molecule has 352 valence electrons. The zero-order chi connectivity index (χ0) is 45.1. The fourth-order valence-electron chi connectivity index (χ4n) is 11.1. The lowest BCUT2D eigenvalue weighted by atomic mass is 9.95. The van der Waals surface area contributed by atoms with E-state index in [0.717, 1.165) is 174 Å². The molecule has 15 nitrogen and oxygen atoms in total. The second-order valence-corrected chi connectivity index (χ2v) is 20.2. The average Bonchev–Trinajstić information content (AvgIpc) is 4.05. The van der Waals surface area contributed by atoms with Crippen molar-refractivity contribution in [1.29, 1.82) is 0 Å². The van der Waals surface area contributed by atoms with Crippen LogP contribution in [-0.2, 0) is 14.3 Å². The van der Waals surface area contributed by atoms with E-state index in [4.69, 9.17) is 9.47 Å². The smallest absolute Gasteiger partial charge is 0.169 e. The Balaban J connectivity index is 0.899. The largest absolute Gasteiger partial charge is 0.377 e. The van der Waals surface area contributed by atoms with Crippen molar-refractivity contribution in [3.05, 3.63) is 61.4 Å². The van der Waals surface area contributed by atoms with Crippen LogP contribution in [0.3, 0.4) is 0 Å². The molecular formula is C51H70N12O3. The quantitative estimate of drug-likeness (QED) is 0.117. The molecule has 0 aliphatic carbocycles. The minimum atomic E-state index is -0.238. The Hall–Kier alpha value is -4.77. The molecule has 0 aromatic carbocycles. The zero-order valence-corrected chi connectivity index (χ0v) is 39.6. The van der Waals surface area contributed by atoms with Crippen LogP contribution >= 0.6 is 0 Å². The van der Waals surface area contributed by atoms with Crippen LogP contribution in [0, 0.1) is 11.8 Å². The van der Waals surface area contributed by atoms with Crippen molar-refractivity contribution in [2.45, 2.75) is 77.7 Å². The Morgan fingerprint density at radius 3 is 1.47 bits per heavy atom. The third kappa shape index (κ3) is 9.79. The molecule has 0 saturated carbocycles. The maximum absolute atomic E-state index is 15.9. The number of ketones is 1. The number of nitrogens with one attached hydrogen (secondary N) is 2. The molecule has 2 N–H and O–H groups in total. The highest BCUT2D eigenvalue weighted by molar-refractivity contribution is 6.11. The maximum atomic E-state index is 15.9. The third-order valence-corrected chi connectivity index (χ3v) is 14.5. The van der Waals surface area contributed by atoms with Crippen molar-refractivity contribution >= 4 is 61.0 Å². The van der Waals surface area contributed by atoms with E-state index in [2.05, 4.69) is 111 Å². The molecule has 4 aliphatic heterocycles. The van der Waals surface area contributed by atoms with Crippen LogP contribution in [0.15, 0.2) is 61.4 Å². The van der Waals surface area contributed by atoms with Gasteiger partial charge in [0.1, 0.15) is 11.3 Å². The van der Waals surface area contributed by atoms with E-state index in [1.54, 1.807) is 0 Å². The van der Waals surface area contributed by atoms with Crippen molar-refractivity contribution in [3.8, 4) is 0 Å². The molecular weight excluding hydrogens is 829 g/mol. The highest BCUT2D eigenvalue weighted by Gasteiger charge is 2.41. The lowest BCUT2D eigenvalue weighted by molar-refractivity contribution is -0.135. The van der Waals surface area contributed by atoms with Crippen molar-refractivity contribution in [2.75, 3.05) is 115 Å².